The van der Waals surface area contributed by atoms with Crippen LogP contribution in [0.2, 0.25) is 0 Å². The first-order valence-corrected chi connectivity index (χ1v) is 29.1. The average Bonchev–Trinajstić information content (AvgIpc) is 3.39. The van der Waals surface area contributed by atoms with Crippen LogP contribution in [0.4, 0.5) is 26.3 Å². The normalized spacial score (nSPS) is 11.0. The summed E-state index contributed by atoms with van der Waals surface area (Å²) in [7, 11) is 0. The second-order valence-corrected chi connectivity index (χ2v) is 24.1. The summed E-state index contributed by atoms with van der Waals surface area (Å²) in [5.74, 6) is -14.2. The molecule has 0 amide bonds. The van der Waals surface area contributed by atoms with Crippen molar-refractivity contribution in [3.8, 4) is 0 Å². The Hall–Kier alpha value is -5.76. The summed E-state index contributed by atoms with van der Waals surface area (Å²) in [6, 6.07) is 38.1. The third kappa shape index (κ3) is 14.9. The SMILES string of the molecule is Cc1cccc(C)c1Sc1nc(Sc2c(C)cccc2C)nc(Sc2c(C)cccc2C)n1.Cc1cccc(C)c1Sc1nc(Sc2c(C)cccc2C)nc(Sc2c(C)cccc2C)n1.Fc1c(F)c(F)c(F)c(F)c1F. The number of benzene rings is 7. The fourth-order valence-corrected chi connectivity index (χ4v) is 13.6. The van der Waals surface area contributed by atoms with Crippen molar-refractivity contribution in [1.29, 1.82) is 0 Å². The van der Waals surface area contributed by atoms with Crippen molar-refractivity contribution < 1.29 is 26.3 Å². The zero-order valence-electron chi connectivity index (χ0n) is 44.8. The molecule has 9 aromatic rings. The molecule has 0 radical (unpaired) electrons. The number of halogens is 6. The molecule has 0 N–H and O–H groups in total. The zero-order chi connectivity index (χ0) is 56.5. The standard InChI is InChI=1S/2C27H27N3S3.C6F6/c2*1-16-10-7-11-17(2)22(16)31-25-28-26(32-23-18(3)12-8-13-19(23)4)30-27(29-25)33-24-20(5)14-9-15-21(24)6;7-1-2(8)4(10)6(12)5(11)3(1)9/h2*7-15H,1-6H3;. The van der Waals surface area contributed by atoms with Crippen LogP contribution in [0, 0.1) is 118 Å². The molecule has 402 valence electrons. The van der Waals surface area contributed by atoms with E-state index in [0.717, 1.165) is 30.9 Å². The van der Waals surface area contributed by atoms with Crippen molar-refractivity contribution in [2.24, 2.45) is 0 Å². The van der Waals surface area contributed by atoms with Crippen LogP contribution in [0.5, 0.6) is 0 Å². The molecule has 18 heteroatoms. The Morgan fingerprint density at radius 1 is 0.205 bits per heavy atom. The van der Waals surface area contributed by atoms with Crippen LogP contribution in [0.15, 0.2) is 170 Å². The smallest absolute Gasteiger partial charge is 0.200 e. The molecule has 7 aromatic carbocycles. The molecule has 2 aromatic heterocycles. The minimum atomic E-state index is -2.37. The van der Waals surface area contributed by atoms with Gasteiger partial charge in [0.2, 0.25) is 34.9 Å². The van der Waals surface area contributed by atoms with Gasteiger partial charge in [-0.3, -0.25) is 0 Å². The molecule has 6 nitrogen and oxygen atoms in total. The van der Waals surface area contributed by atoms with Crippen molar-refractivity contribution in [3.63, 3.8) is 0 Å². The summed E-state index contributed by atoms with van der Waals surface area (Å²) in [4.78, 5) is 36.4. The molecule has 0 unspecified atom stereocenters. The van der Waals surface area contributed by atoms with Crippen molar-refractivity contribution in [2.75, 3.05) is 0 Å². The average molecular weight is 1170 g/mol. The van der Waals surface area contributed by atoms with Crippen molar-refractivity contribution in [3.05, 3.63) is 211 Å². The molecule has 0 aliphatic heterocycles. The van der Waals surface area contributed by atoms with Gasteiger partial charge in [-0.15, -0.1) is 0 Å². The monoisotopic (exact) mass is 1160 g/mol. The first-order chi connectivity index (χ1) is 37.1. The Kier molecular flexibility index (Phi) is 20.7. The van der Waals surface area contributed by atoms with E-state index >= 15 is 0 Å². The molecule has 0 bridgehead atoms. The quantitative estimate of drug-likeness (QED) is 0.0664. The molecule has 0 spiro atoms. The van der Waals surface area contributed by atoms with Crippen LogP contribution >= 0.6 is 70.6 Å². The van der Waals surface area contributed by atoms with E-state index in [1.807, 2.05) is 0 Å². The van der Waals surface area contributed by atoms with E-state index in [2.05, 4.69) is 192 Å². The predicted octanol–water partition coefficient (Wildman–Crippen LogP) is 18.9. The summed E-state index contributed by atoms with van der Waals surface area (Å²) < 4.78 is 72.2. The van der Waals surface area contributed by atoms with E-state index in [1.54, 1.807) is 70.6 Å². The van der Waals surface area contributed by atoms with Crippen LogP contribution in [-0.2, 0) is 0 Å². The number of nitrogens with zero attached hydrogens (tertiary/aromatic N) is 6. The highest BCUT2D eigenvalue weighted by Crippen LogP contribution is 2.40. The minimum Gasteiger partial charge on any atom is -0.200 e. The molecule has 78 heavy (non-hydrogen) atoms. The highest BCUT2D eigenvalue weighted by Gasteiger charge is 2.26. The maximum Gasteiger partial charge on any atom is 0.200 e. The highest BCUT2D eigenvalue weighted by atomic mass is 32.2. The number of aryl methyl sites for hydroxylation is 12. The van der Waals surface area contributed by atoms with Crippen LogP contribution < -0.4 is 0 Å². The van der Waals surface area contributed by atoms with E-state index in [-0.39, 0.29) is 0 Å². The van der Waals surface area contributed by atoms with E-state index in [9.17, 15) is 26.3 Å². The topological polar surface area (TPSA) is 77.3 Å². The van der Waals surface area contributed by atoms with Gasteiger partial charge in [0, 0.05) is 29.4 Å². The van der Waals surface area contributed by atoms with Crippen LogP contribution in [0.25, 0.3) is 0 Å². The van der Waals surface area contributed by atoms with Gasteiger partial charge in [-0.25, -0.2) is 26.3 Å². The summed E-state index contributed by atoms with van der Waals surface area (Å²) in [5.41, 5.74) is 14.8. The Labute approximate surface area is 477 Å². The molecule has 0 saturated heterocycles. The molecule has 0 aliphatic carbocycles. The van der Waals surface area contributed by atoms with Gasteiger partial charge in [0.25, 0.3) is 0 Å². The summed E-state index contributed by atoms with van der Waals surface area (Å²) >= 11 is 9.71. The van der Waals surface area contributed by atoms with Gasteiger partial charge in [0.1, 0.15) is 0 Å². The third-order valence-corrected chi connectivity index (χ3v) is 19.2. The van der Waals surface area contributed by atoms with Crippen LogP contribution in [0.3, 0.4) is 0 Å². The second kappa shape index (κ2) is 26.9. The van der Waals surface area contributed by atoms with Gasteiger partial charge in [0.05, 0.1) is 0 Å². The van der Waals surface area contributed by atoms with Crippen molar-refractivity contribution in [1.82, 2.24) is 29.9 Å². The molecule has 0 aliphatic rings. The number of aromatic nitrogens is 6. The van der Waals surface area contributed by atoms with Gasteiger partial charge in [0.15, 0.2) is 30.9 Å². The lowest BCUT2D eigenvalue weighted by atomic mass is 10.2. The van der Waals surface area contributed by atoms with E-state index in [0.29, 0.717) is 0 Å². The number of rotatable bonds is 12. The van der Waals surface area contributed by atoms with Crippen molar-refractivity contribution in [2.45, 2.75) is 143 Å². The van der Waals surface area contributed by atoms with E-state index in [4.69, 9.17) is 29.9 Å². The van der Waals surface area contributed by atoms with Gasteiger partial charge in [-0.1, -0.05) is 109 Å². The highest BCUT2D eigenvalue weighted by molar-refractivity contribution is 8.01. The van der Waals surface area contributed by atoms with Crippen LogP contribution in [-0.4, -0.2) is 29.9 Å². The first-order valence-electron chi connectivity index (χ1n) is 24.2. The largest absolute Gasteiger partial charge is 0.200 e. The summed E-state index contributed by atoms with van der Waals surface area (Å²) in [5, 5.41) is 4.36. The fourth-order valence-electron chi connectivity index (χ4n) is 7.80. The fraction of sp³-hybridized carbons (Fsp3) is 0.200. The third-order valence-electron chi connectivity index (χ3n) is 11.9. The number of hydrogen-bond acceptors (Lipinski definition) is 12. The molecule has 0 atom stereocenters. The van der Waals surface area contributed by atoms with Gasteiger partial charge in [-0.2, -0.15) is 29.9 Å². The molecular formula is C60H54F6N6S6. The molecule has 0 fully saturated rings. The van der Waals surface area contributed by atoms with E-state index < -0.39 is 34.9 Å². The Bertz CT molecular complexity index is 2900. The Morgan fingerprint density at radius 3 is 0.410 bits per heavy atom. The molecular weight excluding hydrogens is 1110 g/mol. The summed E-state index contributed by atoms with van der Waals surface area (Å²) in [6.07, 6.45) is 0. The van der Waals surface area contributed by atoms with Crippen LogP contribution in [0.1, 0.15) is 66.8 Å². The number of hydrogen-bond donors (Lipinski definition) is 0. The van der Waals surface area contributed by atoms with Gasteiger partial charge >= 0.3 is 0 Å². The lowest BCUT2D eigenvalue weighted by Gasteiger charge is -2.13. The Balaban J connectivity index is 0.000000187. The van der Waals surface area contributed by atoms with Gasteiger partial charge in [-0.05, 0) is 220 Å². The van der Waals surface area contributed by atoms with E-state index in [1.165, 1.54) is 96.1 Å². The predicted molar refractivity (Wildman–Crippen MR) is 306 cm³/mol. The maximum absolute atomic E-state index is 12.0. The summed E-state index contributed by atoms with van der Waals surface area (Å²) in [6.45, 7) is 25.6. The molecule has 0 saturated carbocycles. The molecule has 9 rings (SSSR count). The lowest BCUT2D eigenvalue weighted by molar-refractivity contribution is 0.334. The molecule has 2 heterocycles. The van der Waals surface area contributed by atoms with Crippen molar-refractivity contribution >= 4 is 70.6 Å². The maximum atomic E-state index is 12.0. The first kappa shape index (κ1) is 59.9. The Morgan fingerprint density at radius 2 is 0.308 bits per heavy atom. The lowest BCUT2D eigenvalue weighted by Crippen LogP contribution is -2.04. The minimum absolute atomic E-state index is 0.727. The zero-order valence-corrected chi connectivity index (χ0v) is 49.7. The van der Waals surface area contributed by atoms with Gasteiger partial charge < -0.3 is 0 Å². The second-order valence-electron chi connectivity index (χ2n) is 18.2.